The number of hydrogen-bond acceptors (Lipinski definition) is 4. The largest absolute Gasteiger partial charge is 0.341 e. The molecular weight excluding hydrogens is 600 g/mol. The molecule has 9 nitrogen and oxygen atoms in total. The first kappa shape index (κ1) is 34.0. The minimum absolute atomic E-state index is 0.00340. The topological polar surface area (TPSA) is 79.4 Å². The summed E-state index contributed by atoms with van der Waals surface area (Å²) in [5.74, 6) is 0.110. The van der Waals surface area contributed by atoms with Crippen molar-refractivity contribution in [3.8, 4) is 0 Å². The molecule has 46 heavy (non-hydrogen) atoms. The Morgan fingerprint density at radius 3 is 1.98 bits per heavy atom. The number of benzene rings is 2. The first-order valence-electron chi connectivity index (χ1n) is 17.1. The number of nitrogens with zero attached hydrogens (tertiary/aromatic N) is 5. The molecule has 0 radical (unpaired) electrons. The number of likely N-dealkylation sites (tertiary alicyclic amines) is 2. The van der Waals surface area contributed by atoms with Gasteiger partial charge in [0.1, 0.15) is 0 Å². The number of halogens is 1. The number of anilines is 1. The number of urea groups is 2. The summed E-state index contributed by atoms with van der Waals surface area (Å²) in [5, 5.41) is 4.38. The average Bonchev–Trinajstić information content (AvgIpc) is 3.09. The number of carbonyl (C=O) groups excluding carboxylic acids is 3. The van der Waals surface area contributed by atoms with E-state index in [1.165, 1.54) is 19.3 Å². The van der Waals surface area contributed by atoms with Crippen LogP contribution in [0.2, 0.25) is 5.02 Å². The zero-order chi connectivity index (χ0) is 32.6. The zero-order valence-corrected chi connectivity index (χ0v) is 28.5. The minimum atomic E-state index is -0.380. The highest BCUT2D eigenvalue weighted by molar-refractivity contribution is 6.30. The van der Waals surface area contributed by atoms with Gasteiger partial charge >= 0.3 is 12.1 Å². The van der Waals surface area contributed by atoms with E-state index in [0.717, 1.165) is 49.8 Å². The quantitative estimate of drug-likeness (QED) is 0.388. The van der Waals surface area contributed by atoms with Crippen LogP contribution in [0.1, 0.15) is 63.4 Å². The normalized spacial score (nSPS) is 19.0. The Hall–Kier alpha value is -3.30. The van der Waals surface area contributed by atoms with Gasteiger partial charge in [-0.2, -0.15) is 0 Å². The first-order chi connectivity index (χ1) is 22.2. The van der Waals surface area contributed by atoms with Gasteiger partial charge in [0.2, 0.25) is 5.91 Å². The van der Waals surface area contributed by atoms with E-state index in [4.69, 9.17) is 11.6 Å². The van der Waals surface area contributed by atoms with Crippen molar-refractivity contribution >= 4 is 35.3 Å². The maximum atomic E-state index is 14.2. The zero-order valence-electron chi connectivity index (χ0n) is 27.7. The van der Waals surface area contributed by atoms with Gasteiger partial charge in [-0.3, -0.25) is 9.69 Å². The van der Waals surface area contributed by atoms with Crippen LogP contribution in [0, 0.1) is 0 Å². The van der Waals surface area contributed by atoms with Crippen molar-refractivity contribution in [2.75, 3.05) is 52.2 Å². The Kier molecular flexibility index (Phi) is 11.8. The molecular formula is C36H51ClN6O3. The van der Waals surface area contributed by atoms with Crippen molar-refractivity contribution in [2.45, 2.75) is 88.4 Å². The highest BCUT2D eigenvalue weighted by Gasteiger charge is 2.37. The van der Waals surface area contributed by atoms with Crippen molar-refractivity contribution in [1.29, 1.82) is 0 Å². The van der Waals surface area contributed by atoms with Gasteiger partial charge in [0, 0.05) is 76.2 Å². The van der Waals surface area contributed by atoms with Crippen LogP contribution in [0.3, 0.4) is 0 Å². The fourth-order valence-corrected chi connectivity index (χ4v) is 7.48. The first-order valence-corrected chi connectivity index (χ1v) is 17.5. The molecule has 1 N–H and O–H groups in total. The summed E-state index contributed by atoms with van der Waals surface area (Å²) >= 11 is 6.17. The Balaban J connectivity index is 1.21. The molecule has 0 unspecified atom stereocenters. The molecule has 2 aromatic rings. The van der Waals surface area contributed by atoms with Gasteiger partial charge in [0.15, 0.2) is 0 Å². The third-order valence-electron chi connectivity index (χ3n) is 10.0. The number of carbonyl (C=O) groups is 3. The van der Waals surface area contributed by atoms with Crippen molar-refractivity contribution in [3.05, 3.63) is 65.2 Å². The van der Waals surface area contributed by atoms with E-state index in [2.05, 4.69) is 10.2 Å². The van der Waals surface area contributed by atoms with Crippen LogP contribution in [0.4, 0.5) is 15.3 Å². The number of rotatable bonds is 8. The predicted molar refractivity (Wildman–Crippen MR) is 184 cm³/mol. The predicted octanol–water partition coefficient (Wildman–Crippen LogP) is 5.87. The molecule has 250 valence electrons. The molecule has 0 spiro atoms. The standard InChI is InChI=1S/C36H51ClN6O3/c1-39(2)35(45)43(31-12-8-5-9-13-31)32-20-24-41(25-21-32)34(44)33(26-27-14-16-28(37)17-15-27)38-29-18-22-42(23-19-29)36(46)40(3)30-10-6-4-7-11-30/h4,6-7,10-11,14-17,29,31-33,38H,5,8-9,12-13,18-26H2,1-3H3/t33-/m1/s1. The third-order valence-corrected chi connectivity index (χ3v) is 10.3. The number of nitrogens with one attached hydrogen (secondary N) is 1. The monoisotopic (exact) mass is 650 g/mol. The van der Waals surface area contributed by atoms with Gasteiger partial charge < -0.3 is 24.9 Å². The van der Waals surface area contributed by atoms with Crippen LogP contribution in [0.25, 0.3) is 0 Å². The van der Waals surface area contributed by atoms with E-state index in [9.17, 15) is 14.4 Å². The highest BCUT2D eigenvalue weighted by atomic mass is 35.5. The van der Waals surface area contributed by atoms with E-state index in [1.807, 2.05) is 85.5 Å². The molecule has 2 aliphatic heterocycles. The minimum Gasteiger partial charge on any atom is -0.341 e. The molecule has 1 aliphatic carbocycles. The van der Waals surface area contributed by atoms with Gasteiger partial charge in [-0.25, -0.2) is 9.59 Å². The second kappa shape index (κ2) is 16.0. The fourth-order valence-electron chi connectivity index (χ4n) is 7.36. The van der Waals surface area contributed by atoms with Gasteiger partial charge in [0.05, 0.1) is 6.04 Å². The second-order valence-corrected chi connectivity index (χ2v) is 13.9. The molecule has 5 rings (SSSR count). The average molecular weight is 651 g/mol. The summed E-state index contributed by atoms with van der Waals surface area (Å²) in [7, 11) is 5.49. The molecule has 3 fully saturated rings. The van der Waals surface area contributed by atoms with Crippen LogP contribution in [-0.2, 0) is 11.2 Å². The number of amides is 5. The summed E-state index contributed by atoms with van der Waals surface area (Å²) in [4.78, 5) is 50.1. The Bertz CT molecular complexity index is 1290. The molecule has 2 aromatic carbocycles. The van der Waals surface area contributed by atoms with Crippen molar-refractivity contribution < 1.29 is 14.4 Å². The SMILES string of the molecule is CN(C)C(=O)N(C1CCCCC1)C1CCN(C(=O)[C@@H](Cc2ccc(Cl)cc2)NC2CCN(C(=O)N(C)c3ccccc3)CC2)CC1. The lowest BCUT2D eigenvalue weighted by Crippen LogP contribution is -2.58. The number of para-hydroxylation sites is 1. The maximum absolute atomic E-state index is 14.2. The van der Waals surface area contributed by atoms with Crippen LogP contribution < -0.4 is 10.2 Å². The van der Waals surface area contributed by atoms with Crippen LogP contribution in [0.5, 0.6) is 0 Å². The lowest BCUT2D eigenvalue weighted by molar-refractivity contribution is -0.135. The molecule has 2 heterocycles. The molecule has 10 heteroatoms. The van der Waals surface area contributed by atoms with E-state index in [1.54, 1.807) is 9.80 Å². The summed E-state index contributed by atoms with van der Waals surface area (Å²) in [6.45, 7) is 2.56. The molecule has 5 amide bonds. The summed E-state index contributed by atoms with van der Waals surface area (Å²) in [6.07, 6.45) is 9.46. The lowest BCUT2D eigenvalue weighted by atomic mass is 9.91. The highest BCUT2D eigenvalue weighted by Crippen LogP contribution is 2.29. The molecule has 0 aromatic heterocycles. The van der Waals surface area contributed by atoms with Crippen LogP contribution >= 0.6 is 11.6 Å². The number of hydrogen-bond donors (Lipinski definition) is 1. The van der Waals surface area contributed by atoms with Crippen molar-refractivity contribution in [3.63, 3.8) is 0 Å². The van der Waals surface area contributed by atoms with Gasteiger partial charge in [-0.1, -0.05) is 61.2 Å². The maximum Gasteiger partial charge on any atom is 0.324 e. The fraction of sp³-hybridized carbons (Fsp3) is 0.583. The van der Waals surface area contributed by atoms with E-state index >= 15 is 0 Å². The van der Waals surface area contributed by atoms with Crippen LogP contribution in [0.15, 0.2) is 54.6 Å². The Labute approximate surface area is 279 Å². The Morgan fingerprint density at radius 1 is 0.783 bits per heavy atom. The van der Waals surface area contributed by atoms with E-state index in [0.29, 0.717) is 43.7 Å². The Morgan fingerprint density at radius 2 is 1.37 bits per heavy atom. The van der Waals surface area contributed by atoms with Crippen molar-refractivity contribution in [2.24, 2.45) is 0 Å². The van der Waals surface area contributed by atoms with Crippen LogP contribution in [-0.4, -0.2) is 109 Å². The smallest absolute Gasteiger partial charge is 0.324 e. The van der Waals surface area contributed by atoms with E-state index < -0.39 is 0 Å². The molecule has 2 saturated heterocycles. The summed E-state index contributed by atoms with van der Waals surface area (Å²) < 4.78 is 0. The molecule has 1 saturated carbocycles. The van der Waals surface area contributed by atoms with Gasteiger partial charge in [0.25, 0.3) is 0 Å². The lowest BCUT2D eigenvalue weighted by Gasteiger charge is -2.45. The molecule has 1 atom stereocenters. The second-order valence-electron chi connectivity index (χ2n) is 13.4. The summed E-state index contributed by atoms with van der Waals surface area (Å²) in [6, 6.07) is 17.7. The molecule has 0 bridgehead atoms. The third kappa shape index (κ3) is 8.53. The van der Waals surface area contributed by atoms with Crippen molar-refractivity contribution in [1.82, 2.24) is 24.9 Å². The van der Waals surface area contributed by atoms with Gasteiger partial charge in [-0.15, -0.1) is 0 Å². The molecule has 3 aliphatic rings. The number of piperidine rings is 2. The van der Waals surface area contributed by atoms with Gasteiger partial charge in [-0.05, 0) is 74.8 Å². The van der Waals surface area contributed by atoms with E-state index in [-0.39, 0.29) is 36.1 Å². The summed E-state index contributed by atoms with van der Waals surface area (Å²) in [5.41, 5.74) is 1.93.